The van der Waals surface area contributed by atoms with E-state index in [1.807, 2.05) is 6.26 Å². The van der Waals surface area contributed by atoms with Crippen LogP contribution in [0.1, 0.15) is 29.1 Å². The average Bonchev–Trinajstić information content (AvgIpc) is 2.84. The van der Waals surface area contributed by atoms with Gasteiger partial charge in [-0.2, -0.15) is 11.8 Å². The summed E-state index contributed by atoms with van der Waals surface area (Å²) in [6.45, 7) is 3.04. The molecule has 0 spiro atoms. The Kier molecular flexibility index (Phi) is 4.15. The molecule has 1 aliphatic heterocycles. The quantitative estimate of drug-likeness (QED) is 0.855. The molecule has 1 aliphatic rings. The van der Waals surface area contributed by atoms with Crippen LogP contribution in [-0.2, 0) is 0 Å². The lowest BCUT2D eigenvalue weighted by Crippen LogP contribution is -2.50. The lowest BCUT2D eigenvalue weighted by Gasteiger charge is -2.39. The van der Waals surface area contributed by atoms with Gasteiger partial charge in [0.1, 0.15) is 0 Å². The number of nitrogens with two attached hydrogens (primary N) is 1. The Morgan fingerprint density at radius 2 is 2.21 bits per heavy atom. The molecule has 1 fully saturated rings. The van der Waals surface area contributed by atoms with Crippen molar-refractivity contribution in [2.24, 2.45) is 5.73 Å². The maximum absolute atomic E-state index is 12.3. The van der Waals surface area contributed by atoms with Crippen LogP contribution in [-0.4, -0.2) is 44.9 Å². The molecule has 0 bridgehead atoms. The highest BCUT2D eigenvalue weighted by atomic mass is 32.2. The summed E-state index contributed by atoms with van der Waals surface area (Å²) in [6.07, 6.45) is 4.87. The van der Waals surface area contributed by atoms with Crippen LogP contribution in [0.3, 0.4) is 0 Å². The van der Waals surface area contributed by atoms with Crippen molar-refractivity contribution >= 4 is 34.9 Å². The molecular formula is C12H17N3O2S2. The fourth-order valence-electron chi connectivity index (χ4n) is 2.27. The molecule has 1 amide bonds. The summed E-state index contributed by atoms with van der Waals surface area (Å²) < 4.78 is 4.97. The van der Waals surface area contributed by atoms with Crippen molar-refractivity contribution in [3.8, 4) is 0 Å². The topological polar surface area (TPSA) is 72.4 Å². The van der Waals surface area contributed by atoms with Gasteiger partial charge in [-0.3, -0.25) is 4.79 Å². The van der Waals surface area contributed by atoms with Crippen LogP contribution in [0.25, 0.3) is 0 Å². The lowest BCUT2D eigenvalue weighted by molar-refractivity contribution is 0.0685. The van der Waals surface area contributed by atoms with Gasteiger partial charge in [-0.05, 0) is 26.0 Å². The molecule has 2 heterocycles. The maximum atomic E-state index is 12.3. The number of oxazole rings is 1. The number of thioether (sulfide) groups is 1. The first kappa shape index (κ1) is 14.3. The third kappa shape index (κ3) is 2.62. The number of likely N-dealkylation sites (tertiary alicyclic amines) is 1. The zero-order valence-corrected chi connectivity index (χ0v) is 12.6. The summed E-state index contributed by atoms with van der Waals surface area (Å²) in [5.41, 5.74) is 6.46. The molecule has 0 aliphatic carbocycles. The summed E-state index contributed by atoms with van der Waals surface area (Å²) in [5.74, 6) is 0.222. The van der Waals surface area contributed by atoms with Gasteiger partial charge in [0.15, 0.2) is 6.39 Å². The Balaban J connectivity index is 2.06. The average molecular weight is 299 g/mol. The Morgan fingerprint density at radius 3 is 2.63 bits per heavy atom. The van der Waals surface area contributed by atoms with Gasteiger partial charge in [0.25, 0.3) is 5.91 Å². The van der Waals surface area contributed by atoms with E-state index >= 15 is 0 Å². The van der Waals surface area contributed by atoms with Crippen LogP contribution in [0.4, 0.5) is 0 Å². The summed E-state index contributed by atoms with van der Waals surface area (Å²) in [5, 5.41) is 0. The van der Waals surface area contributed by atoms with E-state index in [4.69, 9.17) is 22.4 Å². The van der Waals surface area contributed by atoms with Crippen molar-refractivity contribution in [2.45, 2.75) is 24.5 Å². The van der Waals surface area contributed by atoms with Gasteiger partial charge >= 0.3 is 0 Å². The van der Waals surface area contributed by atoms with Crippen molar-refractivity contribution in [1.29, 1.82) is 0 Å². The Morgan fingerprint density at radius 1 is 1.58 bits per heavy atom. The molecule has 2 rings (SSSR count). The van der Waals surface area contributed by atoms with Crippen LogP contribution in [0.15, 0.2) is 10.8 Å². The van der Waals surface area contributed by atoms with Crippen LogP contribution < -0.4 is 5.73 Å². The van der Waals surface area contributed by atoms with Gasteiger partial charge in [0, 0.05) is 13.1 Å². The Labute approximate surface area is 121 Å². The van der Waals surface area contributed by atoms with Crippen LogP contribution in [0.5, 0.6) is 0 Å². The van der Waals surface area contributed by atoms with Gasteiger partial charge in [0.2, 0.25) is 5.76 Å². The van der Waals surface area contributed by atoms with Gasteiger partial charge < -0.3 is 15.1 Å². The monoisotopic (exact) mass is 299 g/mol. The van der Waals surface area contributed by atoms with Gasteiger partial charge in [-0.15, -0.1) is 0 Å². The van der Waals surface area contributed by atoms with Crippen molar-refractivity contribution in [2.75, 3.05) is 19.3 Å². The van der Waals surface area contributed by atoms with E-state index in [2.05, 4.69) is 4.98 Å². The molecule has 5 nitrogen and oxygen atoms in total. The number of amides is 1. The number of aryl methyl sites for hydroxylation is 1. The second-order valence-corrected chi connectivity index (χ2v) is 6.25. The van der Waals surface area contributed by atoms with Gasteiger partial charge in [-0.25, -0.2) is 4.98 Å². The minimum atomic E-state index is -0.178. The molecule has 0 atom stereocenters. The number of piperidine rings is 1. The third-order valence-electron chi connectivity index (χ3n) is 3.64. The number of hydrogen-bond acceptors (Lipinski definition) is 5. The smallest absolute Gasteiger partial charge is 0.291 e. The molecule has 0 aromatic carbocycles. The van der Waals surface area contributed by atoms with E-state index in [1.165, 1.54) is 6.39 Å². The van der Waals surface area contributed by atoms with E-state index in [1.54, 1.807) is 23.6 Å². The largest absolute Gasteiger partial charge is 0.438 e. The van der Waals surface area contributed by atoms with Crippen LogP contribution >= 0.6 is 24.0 Å². The van der Waals surface area contributed by atoms with E-state index < -0.39 is 0 Å². The van der Waals surface area contributed by atoms with Crippen molar-refractivity contribution in [3.05, 3.63) is 17.8 Å². The number of aromatic nitrogens is 1. The molecule has 1 aromatic rings. The van der Waals surface area contributed by atoms with Crippen molar-refractivity contribution < 1.29 is 9.21 Å². The molecule has 104 valence electrons. The molecule has 0 saturated carbocycles. The first-order valence-electron chi connectivity index (χ1n) is 6.04. The number of thiocarbonyl (C=S) groups is 1. The first-order valence-corrected chi connectivity index (χ1v) is 7.68. The molecule has 0 radical (unpaired) electrons. The van der Waals surface area contributed by atoms with Gasteiger partial charge in [0.05, 0.1) is 15.4 Å². The Hall–Kier alpha value is -1.08. The van der Waals surface area contributed by atoms with Crippen molar-refractivity contribution in [3.63, 3.8) is 0 Å². The lowest BCUT2D eigenvalue weighted by atomic mass is 9.95. The van der Waals surface area contributed by atoms with Crippen LogP contribution in [0, 0.1) is 6.92 Å². The zero-order chi connectivity index (χ0) is 14.0. The third-order valence-corrected chi connectivity index (χ3v) is 5.57. The predicted octanol–water partition coefficient (Wildman–Crippen LogP) is 1.61. The molecule has 2 N–H and O–H groups in total. The van der Waals surface area contributed by atoms with E-state index in [-0.39, 0.29) is 10.7 Å². The van der Waals surface area contributed by atoms with E-state index in [0.29, 0.717) is 29.5 Å². The molecule has 1 saturated heterocycles. The summed E-state index contributed by atoms with van der Waals surface area (Å²) >= 11 is 6.83. The highest BCUT2D eigenvalue weighted by Crippen LogP contribution is 2.35. The SMILES string of the molecule is CSC1(C(N)=S)CCN(C(=O)c2ocnc2C)CC1. The number of carbonyl (C=O) groups excluding carboxylic acids is 1. The number of hydrogen-bond donors (Lipinski definition) is 1. The minimum Gasteiger partial charge on any atom is -0.438 e. The minimum absolute atomic E-state index is 0.104. The zero-order valence-electron chi connectivity index (χ0n) is 11.0. The maximum Gasteiger partial charge on any atom is 0.291 e. The van der Waals surface area contributed by atoms with Crippen molar-refractivity contribution in [1.82, 2.24) is 9.88 Å². The Bertz CT molecular complexity index is 493. The summed E-state index contributed by atoms with van der Waals surface area (Å²) in [7, 11) is 0. The second kappa shape index (κ2) is 5.50. The fourth-order valence-corrected chi connectivity index (χ4v) is 3.52. The highest BCUT2D eigenvalue weighted by molar-refractivity contribution is 8.02. The fraction of sp³-hybridized carbons (Fsp3) is 0.583. The molecule has 19 heavy (non-hydrogen) atoms. The summed E-state index contributed by atoms with van der Waals surface area (Å²) in [4.78, 5) is 18.5. The summed E-state index contributed by atoms with van der Waals surface area (Å²) in [6, 6.07) is 0. The second-order valence-electron chi connectivity index (χ2n) is 4.62. The van der Waals surface area contributed by atoms with E-state index in [0.717, 1.165) is 12.8 Å². The van der Waals surface area contributed by atoms with Gasteiger partial charge in [-0.1, -0.05) is 12.2 Å². The van der Waals surface area contributed by atoms with E-state index in [9.17, 15) is 4.79 Å². The number of nitrogens with zero attached hydrogens (tertiary/aromatic N) is 2. The van der Waals surface area contributed by atoms with Crippen LogP contribution in [0.2, 0.25) is 0 Å². The predicted molar refractivity (Wildman–Crippen MR) is 79.4 cm³/mol. The number of rotatable bonds is 3. The standard InChI is InChI=1S/C12H17N3O2S2/c1-8-9(17-7-14-8)10(16)15-5-3-12(19-2,4-6-15)11(13)18/h7H,3-6H2,1-2H3,(H2,13,18). The molecule has 7 heteroatoms. The molecule has 0 unspecified atom stereocenters. The normalized spacial score (nSPS) is 18.3. The highest BCUT2D eigenvalue weighted by Gasteiger charge is 2.38. The first-order chi connectivity index (χ1) is 9.00. The molecule has 1 aromatic heterocycles. The molecular weight excluding hydrogens is 282 g/mol. The number of carbonyl (C=O) groups is 1.